The molecule has 1 aromatic carbocycles. The van der Waals surface area contributed by atoms with Crippen LogP contribution in [-0.2, 0) is 9.59 Å². The van der Waals surface area contributed by atoms with E-state index >= 15 is 0 Å². The van der Waals surface area contributed by atoms with Crippen molar-refractivity contribution in [2.45, 2.75) is 45.1 Å². The molecule has 0 radical (unpaired) electrons. The molecule has 21 heavy (non-hydrogen) atoms. The fourth-order valence-electron chi connectivity index (χ4n) is 2.44. The fraction of sp³-hybridized carbons (Fsp3) is 0.500. The third kappa shape index (κ3) is 4.04. The normalized spacial score (nSPS) is 16.1. The van der Waals surface area contributed by atoms with E-state index in [4.69, 9.17) is 5.73 Å². The molecule has 0 saturated carbocycles. The molecule has 0 aliphatic carbocycles. The highest BCUT2D eigenvalue weighted by Crippen LogP contribution is 2.23. The molecule has 0 aromatic heterocycles. The monoisotopic (exact) mass is 289 g/mol. The van der Waals surface area contributed by atoms with E-state index in [-0.39, 0.29) is 11.8 Å². The van der Waals surface area contributed by atoms with E-state index in [9.17, 15) is 9.59 Å². The van der Waals surface area contributed by atoms with Crippen molar-refractivity contribution in [3.63, 3.8) is 0 Å². The molecule has 1 aliphatic heterocycles. The zero-order chi connectivity index (χ0) is 15.2. The minimum atomic E-state index is -0.468. The van der Waals surface area contributed by atoms with Gasteiger partial charge in [-0.3, -0.25) is 9.59 Å². The summed E-state index contributed by atoms with van der Waals surface area (Å²) in [5.74, 6) is 0.00169. The molecule has 114 valence electrons. The second-order valence-electron chi connectivity index (χ2n) is 5.43. The summed E-state index contributed by atoms with van der Waals surface area (Å²) < 4.78 is 0. The first-order chi connectivity index (χ1) is 10.1. The molecule has 1 saturated heterocycles. The molecular formula is C16H23N3O2. The van der Waals surface area contributed by atoms with E-state index in [1.165, 1.54) is 0 Å². The summed E-state index contributed by atoms with van der Waals surface area (Å²) in [6, 6.07) is 6.87. The van der Waals surface area contributed by atoms with E-state index < -0.39 is 6.04 Å². The fourth-order valence-corrected chi connectivity index (χ4v) is 2.44. The highest BCUT2D eigenvalue weighted by atomic mass is 16.2. The van der Waals surface area contributed by atoms with Crippen LogP contribution in [0.15, 0.2) is 24.3 Å². The Morgan fingerprint density at radius 3 is 2.67 bits per heavy atom. The van der Waals surface area contributed by atoms with E-state index in [2.05, 4.69) is 12.2 Å². The molecule has 0 spiro atoms. The van der Waals surface area contributed by atoms with Gasteiger partial charge < -0.3 is 16.0 Å². The van der Waals surface area contributed by atoms with Crippen LogP contribution in [0.5, 0.6) is 0 Å². The molecule has 0 bridgehead atoms. The number of carbonyl (C=O) groups excluding carboxylic acids is 2. The topological polar surface area (TPSA) is 75.4 Å². The van der Waals surface area contributed by atoms with Crippen LogP contribution >= 0.6 is 0 Å². The maximum Gasteiger partial charge on any atom is 0.241 e. The Hall–Kier alpha value is -1.88. The Balaban J connectivity index is 1.93. The van der Waals surface area contributed by atoms with E-state index in [1.807, 2.05) is 24.3 Å². The highest BCUT2D eigenvalue weighted by Gasteiger charge is 2.21. The summed E-state index contributed by atoms with van der Waals surface area (Å²) >= 11 is 0. The zero-order valence-electron chi connectivity index (χ0n) is 12.5. The molecule has 1 heterocycles. The number of hydrogen-bond donors (Lipinski definition) is 2. The van der Waals surface area contributed by atoms with Gasteiger partial charge in [-0.15, -0.1) is 0 Å². The third-order valence-electron chi connectivity index (χ3n) is 3.73. The molecule has 5 heteroatoms. The Morgan fingerprint density at radius 1 is 1.38 bits per heavy atom. The van der Waals surface area contributed by atoms with Gasteiger partial charge in [-0.25, -0.2) is 0 Å². The van der Waals surface area contributed by atoms with E-state index in [0.717, 1.165) is 31.5 Å². The van der Waals surface area contributed by atoms with Crippen molar-refractivity contribution in [2.75, 3.05) is 16.8 Å². The maximum atomic E-state index is 11.9. The van der Waals surface area contributed by atoms with Crippen molar-refractivity contribution in [2.24, 2.45) is 5.73 Å². The number of benzene rings is 1. The SMILES string of the molecule is CCCCC(N)C(=O)Nc1ccc(N2CCCC2=O)cc1. The van der Waals surface area contributed by atoms with Gasteiger partial charge in [0.1, 0.15) is 0 Å². The highest BCUT2D eigenvalue weighted by molar-refractivity contribution is 5.97. The molecule has 1 unspecified atom stereocenters. The van der Waals surface area contributed by atoms with Crippen molar-refractivity contribution in [3.05, 3.63) is 24.3 Å². The zero-order valence-corrected chi connectivity index (χ0v) is 12.5. The van der Waals surface area contributed by atoms with Crippen LogP contribution in [0.2, 0.25) is 0 Å². The average molecular weight is 289 g/mol. The van der Waals surface area contributed by atoms with Crippen LogP contribution in [0.1, 0.15) is 39.0 Å². The van der Waals surface area contributed by atoms with Crippen LogP contribution in [0.25, 0.3) is 0 Å². The average Bonchev–Trinajstić information content (AvgIpc) is 2.91. The summed E-state index contributed by atoms with van der Waals surface area (Å²) in [6.45, 7) is 2.84. The van der Waals surface area contributed by atoms with Crippen molar-refractivity contribution >= 4 is 23.2 Å². The first-order valence-corrected chi connectivity index (χ1v) is 7.58. The minimum Gasteiger partial charge on any atom is -0.325 e. The number of rotatable bonds is 6. The lowest BCUT2D eigenvalue weighted by Crippen LogP contribution is -2.35. The van der Waals surface area contributed by atoms with Crippen LogP contribution in [0, 0.1) is 0 Å². The van der Waals surface area contributed by atoms with E-state index in [0.29, 0.717) is 18.5 Å². The van der Waals surface area contributed by atoms with Gasteiger partial charge in [0.25, 0.3) is 0 Å². The Kier molecular flexibility index (Phi) is 5.33. The number of hydrogen-bond acceptors (Lipinski definition) is 3. The van der Waals surface area contributed by atoms with Gasteiger partial charge >= 0.3 is 0 Å². The van der Waals surface area contributed by atoms with Crippen molar-refractivity contribution in [3.8, 4) is 0 Å². The lowest BCUT2D eigenvalue weighted by atomic mass is 10.1. The quantitative estimate of drug-likeness (QED) is 0.843. The van der Waals surface area contributed by atoms with Crippen LogP contribution in [0.3, 0.4) is 0 Å². The van der Waals surface area contributed by atoms with E-state index in [1.54, 1.807) is 4.90 Å². The molecule has 2 rings (SSSR count). The largest absolute Gasteiger partial charge is 0.325 e. The Bertz CT molecular complexity index is 499. The lowest BCUT2D eigenvalue weighted by molar-refractivity contribution is -0.118. The summed E-state index contributed by atoms with van der Waals surface area (Å²) in [5.41, 5.74) is 7.42. The summed E-state index contributed by atoms with van der Waals surface area (Å²) in [5, 5.41) is 2.81. The molecule has 1 fully saturated rings. The van der Waals surface area contributed by atoms with Crippen molar-refractivity contribution in [1.82, 2.24) is 0 Å². The van der Waals surface area contributed by atoms with Gasteiger partial charge in [0.15, 0.2) is 0 Å². The smallest absolute Gasteiger partial charge is 0.241 e. The summed E-state index contributed by atoms with van der Waals surface area (Å²) in [6.07, 6.45) is 4.20. The van der Waals surface area contributed by atoms with Crippen molar-refractivity contribution < 1.29 is 9.59 Å². The number of nitrogens with one attached hydrogen (secondary N) is 1. The van der Waals surface area contributed by atoms with Gasteiger partial charge in [-0.05, 0) is 37.1 Å². The second kappa shape index (κ2) is 7.22. The predicted molar refractivity (Wildman–Crippen MR) is 84.2 cm³/mol. The second-order valence-corrected chi connectivity index (χ2v) is 5.43. The van der Waals surface area contributed by atoms with Gasteiger partial charge in [-0.1, -0.05) is 19.8 Å². The molecule has 1 aliphatic rings. The third-order valence-corrected chi connectivity index (χ3v) is 3.73. The molecule has 1 atom stereocenters. The number of amides is 2. The Labute approximate surface area is 125 Å². The van der Waals surface area contributed by atoms with Gasteiger partial charge in [0.2, 0.25) is 11.8 Å². The summed E-state index contributed by atoms with van der Waals surface area (Å²) in [4.78, 5) is 25.4. The molecular weight excluding hydrogens is 266 g/mol. The number of nitrogens with two attached hydrogens (primary N) is 1. The molecule has 1 aromatic rings. The van der Waals surface area contributed by atoms with Crippen LogP contribution < -0.4 is 16.0 Å². The lowest BCUT2D eigenvalue weighted by Gasteiger charge is -2.16. The first-order valence-electron chi connectivity index (χ1n) is 7.58. The molecule has 3 N–H and O–H groups in total. The van der Waals surface area contributed by atoms with Gasteiger partial charge in [0.05, 0.1) is 6.04 Å². The molecule has 5 nitrogen and oxygen atoms in total. The number of anilines is 2. The number of nitrogens with zero attached hydrogens (tertiary/aromatic N) is 1. The predicted octanol–water partition coefficient (Wildman–Crippen LogP) is 2.27. The van der Waals surface area contributed by atoms with Crippen LogP contribution in [0.4, 0.5) is 11.4 Å². The first kappa shape index (κ1) is 15.5. The van der Waals surface area contributed by atoms with Gasteiger partial charge in [0, 0.05) is 24.3 Å². The van der Waals surface area contributed by atoms with Crippen molar-refractivity contribution in [1.29, 1.82) is 0 Å². The summed E-state index contributed by atoms with van der Waals surface area (Å²) in [7, 11) is 0. The molecule has 2 amide bonds. The number of carbonyl (C=O) groups is 2. The number of unbranched alkanes of at least 4 members (excludes halogenated alkanes) is 1. The van der Waals surface area contributed by atoms with Crippen LogP contribution in [-0.4, -0.2) is 24.4 Å². The maximum absolute atomic E-state index is 11.9. The van der Waals surface area contributed by atoms with Gasteiger partial charge in [-0.2, -0.15) is 0 Å². The standard InChI is InChI=1S/C16H23N3O2/c1-2-3-5-14(17)16(21)18-12-7-9-13(10-8-12)19-11-4-6-15(19)20/h7-10,14H,2-6,11,17H2,1H3,(H,18,21). The Morgan fingerprint density at radius 2 is 2.10 bits per heavy atom. The minimum absolute atomic E-state index is 0.159.